The average molecular weight is 186 g/mol. The minimum absolute atomic E-state index is 1.10. The molecule has 0 heteroatoms. The molecule has 1 aromatic rings. The van der Waals surface area contributed by atoms with Crippen LogP contribution in [0, 0.1) is 0 Å². The van der Waals surface area contributed by atoms with Gasteiger partial charge in [0.25, 0.3) is 0 Å². The van der Waals surface area contributed by atoms with Gasteiger partial charge in [-0.3, -0.25) is 0 Å². The zero-order chi connectivity index (χ0) is 10.4. The van der Waals surface area contributed by atoms with Crippen LogP contribution in [0.1, 0.15) is 32.8 Å². The van der Waals surface area contributed by atoms with Crippen LogP contribution in [-0.4, -0.2) is 0 Å². The van der Waals surface area contributed by atoms with Crippen LogP contribution in [0.3, 0.4) is 0 Å². The van der Waals surface area contributed by atoms with Crippen LogP contribution in [0.15, 0.2) is 48.1 Å². The van der Waals surface area contributed by atoms with Crippen molar-refractivity contribution in [3.8, 4) is 0 Å². The SMILES string of the molecule is CC/C=C\C(C)=C(/C)c1ccccc1. The Bertz CT molecular complexity index is 328. The maximum atomic E-state index is 2.20. The first-order valence-electron chi connectivity index (χ1n) is 5.15. The lowest BCUT2D eigenvalue weighted by Gasteiger charge is -2.03. The number of hydrogen-bond donors (Lipinski definition) is 0. The fourth-order valence-electron chi connectivity index (χ4n) is 1.34. The van der Waals surface area contributed by atoms with Crippen LogP contribution in [0.4, 0.5) is 0 Å². The Morgan fingerprint density at radius 1 is 1.14 bits per heavy atom. The first-order valence-corrected chi connectivity index (χ1v) is 5.15. The summed E-state index contributed by atoms with van der Waals surface area (Å²) in [4.78, 5) is 0. The summed E-state index contributed by atoms with van der Waals surface area (Å²) in [6.07, 6.45) is 5.49. The van der Waals surface area contributed by atoms with Gasteiger partial charge in [0.05, 0.1) is 0 Å². The van der Waals surface area contributed by atoms with E-state index in [1.54, 1.807) is 0 Å². The molecule has 0 aromatic heterocycles. The summed E-state index contributed by atoms with van der Waals surface area (Å²) >= 11 is 0. The van der Waals surface area contributed by atoms with Crippen molar-refractivity contribution in [2.75, 3.05) is 0 Å². The van der Waals surface area contributed by atoms with Gasteiger partial charge >= 0.3 is 0 Å². The predicted molar refractivity (Wildman–Crippen MR) is 64.1 cm³/mol. The third-order valence-corrected chi connectivity index (χ3v) is 2.40. The lowest BCUT2D eigenvalue weighted by Crippen LogP contribution is -1.81. The van der Waals surface area contributed by atoms with Gasteiger partial charge < -0.3 is 0 Å². The fraction of sp³-hybridized carbons (Fsp3) is 0.286. The number of benzene rings is 1. The highest BCUT2D eigenvalue weighted by atomic mass is 14.0. The summed E-state index contributed by atoms with van der Waals surface area (Å²) in [6, 6.07) is 10.5. The molecular formula is C14H18. The highest BCUT2D eigenvalue weighted by Gasteiger charge is 1.96. The Labute approximate surface area is 87.0 Å². The van der Waals surface area contributed by atoms with Gasteiger partial charge in [-0.2, -0.15) is 0 Å². The molecule has 0 N–H and O–H groups in total. The predicted octanol–water partition coefficient (Wildman–Crippen LogP) is 4.45. The summed E-state index contributed by atoms with van der Waals surface area (Å²) in [5.41, 5.74) is 4.01. The minimum atomic E-state index is 1.10. The van der Waals surface area contributed by atoms with Crippen LogP contribution in [-0.2, 0) is 0 Å². The fourth-order valence-corrected chi connectivity index (χ4v) is 1.34. The summed E-state index contributed by atoms with van der Waals surface area (Å²) in [5.74, 6) is 0. The van der Waals surface area contributed by atoms with Gasteiger partial charge in [0, 0.05) is 0 Å². The molecule has 0 bridgehead atoms. The topological polar surface area (TPSA) is 0 Å². The quantitative estimate of drug-likeness (QED) is 0.612. The molecule has 0 amide bonds. The van der Waals surface area contributed by atoms with Crippen molar-refractivity contribution in [2.45, 2.75) is 27.2 Å². The Hall–Kier alpha value is -1.30. The molecule has 0 atom stereocenters. The molecule has 0 saturated carbocycles. The van der Waals surface area contributed by atoms with Crippen molar-refractivity contribution in [1.82, 2.24) is 0 Å². The highest BCUT2D eigenvalue weighted by Crippen LogP contribution is 2.18. The molecule has 0 radical (unpaired) electrons. The smallest absolute Gasteiger partial charge is 0.0225 e. The van der Waals surface area contributed by atoms with Gasteiger partial charge in [0.2, 0.25) is 0 Å². The Morgan fingerprint density at radius 3 is 2.36 bits per heavy atom. The lowest BCUT2D eigenvalue weighted by atomic mass is 10.0. The van der Waals surface area contributed by atoms with E-state index in [9.17, 15) is 0 Å². The van der Waals surface area contributed by atoms with Gasteiger partial charge in [0.1, 0.15) is 0 Å². The van der Waals surface area contributed by atoms with E-state index >= 15 is 0 Å². The Kier molecular flexibility index (Phi) is 4.18. The molecule has 0 saturated heterocycles. The van der Waals surface area contributed by atoms with E-state index in [4.69, 9.17) is 0 Å². The largest absolute Gasteiger partial charge is 0.0845 e. The maximum Gasteiger partial charge on any atom is -0.0225 e. The van der Waals surface area contributed by atoms with Gasteiger partial charge in [-0.25, -0.2) is 0 Å². The number of rotatable bonds is 3. The zero-order valence-corrected chi connectivity index (χ0v) is 9.25. The standard InChI is InChI=1S/C14H18/c1-4-5-9-12(2)13(3)14-10-7-6-8-11-14/h5-11H,4H2,1-3H3/b9-5-,13-12+. The van der Waals surface area contributed by atoms with Gasteiger partial charge in [-0.05, 0) is 37.0 Å². The van der Waals surface area contributed by atoms with Crippen LogP contribution in [0.25, 0.3) is 5.57 Å². The Balaban J connectivity index is 2.93. The average Bonchev–Trinajstić information content (AvgIpc) is 2.26. The summed E-state index contributed by atoms with van der Waals surface area (Å²) < 4.78 is 0. The Morgan fingerprint density at radius 2 is 1.79 bits per heavy atom. The van der Waals surface area contributed by atoms with Crippen LogP contribution in [0.5, 0.6) is 0 Å². The molecule has 0 aliphatic heterocycles. The molecule has 0 aliphatic rings. The van der Waals surface area contributed by atoms with E-state index < -0.39 is 0 Å². The second kappa shape index (κ2) is 5.43. The van der Waals surface area contributed by atoms with Crippen LogP contribution in [0.2, 0.25) is 0 Å². The van der Waals surface area contributed by atoms with E-state index in [0.29, 0.717) is 0 Å². The van der Waals surface area contributed by atoms with Crippen molar-refractivity contribution in [3.63, 3.8) is 0 Å². The minimum Gasteiger partial charge on any atom is -0.0845 e. The zero-order valence-electron chi connectivity index (χ0n) is 9.25. The number of allylic oxidation sites excluding steroid dienone is 4. The molecule has 0 fully saturated rings. The molecule has 0 heterocycles. The van der Waals surface area contributed by atoms with Gasteiger partial charge in [-0.1, -0.05) is 49.4 Å². The van der Waals surface area contributed by atoms with Crippen molar-refractivity contribution >= 4 is 5.57 Å². The van der Waals surface area contributed by atoms with Gasteiger partial charge in [0.15, 0.2) is 0 Å². The van der Waals surface area contributed by atoms with Crippen LogP contribution < -0.4 is 0 Å². The second-order valence-electron chi connectivity index (χ2n) is 3.48. The summed E-state index contributed by atoms with van der Waals surface area (Å²) in [5, 5.41) is 0. The normalized spacial score (nSPS) is 13.1. The molecule has 1 rings (SSSR count). The van der Waals surface area contributed by atoms with E-state index in [0.717, 1.165) is 6.42 Å². The molecule has 0 spiro atoms. The lowest BCUT2D eigenvalue weighted by molar-refractivity contribution is 1.22. The highest BCUT2D eigenvalue weighted by molar-refractivity contribution is 5.68. The molecule has 0 unspecified atom stereocenters. The molecule has 14 heavy (non-hydrogen) atoms. The van der Waals surface area contributed by atoms with E-state index in [-0.39, 0.29) is 0 Å². The van der Waals surface area contributed by atoms with Crippen molar-refractivity contribution in [3.05, 3.63) is 53.6 Å². The third-order valence-electron chi connectivity index (χ3n) is 2.40. The van der Waals surface area contributed by atoms with Crippen molar-refractivity contribution in [2.24, 2.45) is 0 Å². The molecule has 0 nitrogen and oxygen atoms in total. The second-order valence-corrected chi connectivity index (χ2v) is 3.48. The van der Waals surface area contributed by atoms with Crippen LogP contribution >= 0.6 is 0 Å². The number of hydrogen-bond acceptors (Lipinski definition) is 0. The van der Waals surface area contributed by atoms with E-state index in [1.807, 2.05) is 6.07 Å². The van der Waals surface area contributed by atoms with E-state index in [2.05, 4.69) is 57.2 Å². The first kappa shape index (κ1) is 10.8. The molecule has 74 valence electrons. The molecule has 1 aromatic carbocycles. The van der Waals surface area contributed by atoms with Crippen molar-refractivity contribution < 1.29 is 0 Å². The first-order chi connectivity index (χ1) is 6.75. The summed E-state index contributed by atoms with van der Waals surface area (Å²) in [7, 11) is 0. The monoisotopic (exact) mass is 186 g/mol. The third kappa shape index (κ3) is 2.88. The van der Waals surface area contributed by atoms with Crippen molar-refractivity contribution in [1.29, 1.82) is 0 Å². The maximum absolute atomic E-state index is 2.20. The molecular weight excluding hydrogens is 168 g/mol. The molecule has 0 aliphatic carbocycles. The summed E-state index contributed by atoms with van der Waals surface area (Å²) in [6.45, 7) is 6.49. The van der Waals surface area contributed by atoms with E-state index in [1.165, 1.54) is 16.7 Å². The van der Waals surface area contributed by atoms with Gasteiger partial charge in [-0.15, -0.1) is 0 Å².